The standard InChI is InChI=1S/C6H12N2/c1-8-2-4-5(3-8)6(4)7/h4-6H,2-3,7H2,1H3/t4-,5?,6+/m0/s1. The van der Waals surface area contributed by atoms with Crippen LogP contribution in [0.25, 0.3) is 0 Å². The molecule has 0 aromatic carbocycles. The molecule has 2 rings (SSSR count). The molecule has 0 radical (unpaired) electrons. The SMILES string of the molecule is CN1CC2[C@H](N)[C@H]2C1. The van der Waals surface area contributed by atoms with Crippen molar-refractivity contribution in [2.24, 2.45) is 17.6 Å². The fourth-order valence-electron chi connectivity index (χ4n) is 1.78. The van der Waals surface area contributed by atoms with Crippen LogP contribution in [0.5, 0.6) is 0 Å². The third kappa shape index (κ3) is 0.446. The molecule has 2 aliphatic rings. The first kappa shape index (κ1) is 4.77. The minimum absolute atomic E-state index is 0.561. The molecule has 0 spiro atoms. The maximum atomic E-state index is 5.71. The van der Waals surface area contributed by atoms with E-state index < -0.39 is 0 Å². The molecule has 0 bridgehead atoms. The molecular formula is C6H12N2. The molecule has 1 heterocycles. The lowest BCUT2D eigenvalue weighted by atomic mass is 10.4. The van der Waals surface area contributed by atoms with Crippen molar-refractivity contribution in [1.29, 1.82) is 0 Å². The number of fused-ring (bicyclic) bond motifs is 1. The normalized spacial score (nSPS) is 54.0. The van der Waals surface area contributed by atoms with E-state index in [9.17, 15) is 0 Å². The second-order valence-corrected chi connectivity index (χ2v) is 3.13. The lowest BCUT2D eigenvalue weighted by Crippen LogP contribution is -2.24. The quantitative estimate of drug-likeness (QED) is 0.458. The van der Waals surface area contributed by atoms with Crippen LogP contribution in [0.15, 0.2) is 0 Å². The van der Waals surface area contributed by atoms with Crippen molar-refractivity contribution >= 4 is 0 Å². The van der Waals surface area contributed by atoms with Gasteiger partial charge in [-0.05, 0) is 18.9 Å². The van der Waals surface area contributed by atoms with Crippen molar-refractivity contribution in [2.75, 3.05) is 20.1 Å². The lowest BCUT2D eigenvalue weighted by Gasteiger charge is -2.09. The molecular weight excluding hydrogens is 100 g/mol. The Hall–Kier alpha value is -0.0800. The van der Waals surface area contributed by atoms with E-state index in [1.165, 1.54) is 13.1 Å². The highest BCUT2D eigenvalue weighted by Gasteiger charge is 2.52. The molecule has 2 nitrogen and oxygen atoms in total. The molecule has 1 aliphatic heterocycles. The van der Waals surface area contributed by atoms with Crippen LogP contribution in [-0.2, 0) is 0 Å². The van der Waals surface area contributed by atoms with Crippen LogP contribution in [0.1, 0.15) is 0 Å². The fraction of sp³-hybridized carbons (Fsp3) is 1.00. The number of rotatable bonds is 0. The van der Waals surface area contributed by atoms with Gasteiger partial charge < -0.3 is 10.6 Å². The van der Waals surface area contributed by atoms with Gasteiger partial charge in [-0.1, -0.05) is 0 Å². The van der Waals surface area contributed by atoms with Gasteiger partial charge in [-0.3, -0.25) is 0 Å². The molecule has 46 valence electrons. The summed E-state index contributed by atoms with van der Waals surface area (Å²) in [4.78, 5) is 2.36. The van der Waals surface area contributed by atoms with E-state index in [1.54, 1.807) is 0 Å². The summed E-state index contributed by atoms with van der Waals surface area (Å²) in [7, 11) is 2.17. The van der Waals surface area contributed by atoms with Crippen molar-refractivity contribution in [2.45, 2.75) is 6.04 Å². The Kier molecular flexibility index (Phi) is 0.746. The molecule has 8 heavy (non-hydrogen) atoms. The molecule has 1 saturated heterocycles. The summed E-state index contributed by atoms with van der Waals surface area (Å²) in [5.41, 5.74) is 5.71. The van der Waals surface area contributed by atoms with E-state index in [4.69, 9.17) is 5.73 Å². The van der Waals surface area contributed by atoms with Gasteiger partial charge in [-0.25, -0.2) is 0 Å². The Bertz CT molecular complexity index is 101. The van der Waals surface area contributed by atoms with Gasteiger partial charge in [0.15, 0.2) is 0 Å². The summed E-state index contributed by atoms with van der Waals surface area (Å²) < 4.78 is 0. The molecule has 0 aromatic rings. The van der Waals surface area contributed by atoms with E-state index in [2.05, 4.69) is 11.9 Å². The van der Waals surface area contributed by atoms with Crippen molar-refractivity contribution < 1.29 is 0 Å². The second-order valence-electron chi connectivity index (χ2n) is 3.13. The van der Waals surface area contributed by atoms with Gasteiger partial charge in [0.2, 0.25) is 0 Å². The minimum Gasteiger partial charge on any atom is -0.327 e. The predicted molar refractivity (Wildman–Crippen MR) is 32.5 cm³/mol. The number of hydrogen-bond acceptors (Lipinski definition) is 2. The average Bonchev–Trinajstić information content (AvgIpc) is 2.29. The number of nitrogens with two attached hydrogens (primary N) is 1. The van der Waals surface area contributed by atoms with E-state index in [0.717, 1.165) is 11.8 Å². The van der Waals surface area contributed by atoms with Gasteiger partial charge in [-0.2, -0.15) is 0 Å². The van der Waals surface area contributed by atoms with Crippen molar-refractivity contribution in [1.82, 2.24) is 4.90 Å². The molecule has 1 aliphatic carbocycles. The first-order chi connectivity index (χ1) is 3.79. The summed E-state index contributed by atoms with van der Waals surface area (Å²) in [5.74, 6) is 1.72. The van der Waals surface area contributed by atoms with Crippen LogP contribution in [0.3, 0.4) is 0 Å². The van der Waals surface area contributed by atoms with Crippen LogP contribution in [-0.4, -0.2) is 31.1 Å². The number of likely N-dealkylation sites (tertiary alicyclic amines) is 1. The molecule has 3 atom stereocenters. The molecule has 2 heteroatoms. The van der Waals surface area contributed by atoms with E-state index in [1.807, 2.05) is 0 Å². The van der Waals surface area contributed by atoms with Gasteiger partial charge >= 0.3 is 0 Å². The van der Waals surface area contributed by atoms with Crippen LogP contribution >= 0.6 is 0 Å². The van der Waals surface area contributed by atoms with Gasteiger partial charge in [-0.15, -0.1) is 0 Å². The molecule has 2 N–H and O–H groups in total. The Morgan fingerprint density at radius 2 is 1.88 bits per heavy atom. The molecule has 2 fully saturated rings. The van der Waals surface area contributed by atoms with Gasteiger partial charge in [0, 0.05) is 19.1 Å². The van der Waals surface area contributed by atoms with Crippen LogP contribution < -0.4 is 5.73 Å². The van der Waals surface area contributed by atoms with Crippen LogP contribution in [0, 0.1) is 11.8 Å². The Morgan fingerprint density at radius 3 is 2.25 bits per heavy atom. The number of nitrogens with zero attached hydrogens (tertiary/aromatic N) is 1. The van der Waals surface area contributed by atoms with E-state index in [0.29, 0.717) is 6.04 Å². The highest BCUT2D eigenvalue weighted by molar-refractivity contribution is 5.07. The van der Waals surface area contributed by atoms with Crippen molar-refractivity contribution in [3.8, 4) is 0 Å². The fourth-order valence-corrected chi connectivity index (χ4v) is 1.78. The lowest BCUT2D eigenvalue weighted by molar-refractivity contribution is 0.362. The topological polar surface area (TPSA) is 29.3 Å². The second kappa shape index (κ2) is 1.25. The van der Waals surface area contributed by atoms with Gasteiger partial charge in [0.1, 0.15) is 0 Å². The third-order valence-corrected chi connectivity index (χ3v) is 2.44. The Balaban J connectivity index is 2.00. The molecule has 0 aromatic heterocycles. The number of hydrogen-bond donors (Lipinski definition) is 1. The zero-order valence-electron chi connectivity index (χ0n) is 5.17. The van der Waals surface area contributed by atoms with Gasteiger partial charge in [0.25, 0.3) is 0 Å². The first-order valence-electron chi connectivity index (χ1n) is 3.23. The van der Waals surface area contributed by atoms with Gasteiger partial charge in [0.05, 0.1) is 0 Å². The highest BCUT2D eigenvalue weighted by Crippen LogP contribution is 2.42. The highest BCUT2D eigenvalue weighted by atomic mass is 15.2. The zero-order valence-corrected chi connectivity index (χ0v) is 5.17. The predicted octanol–water partition coefficient (Wildman–Crippen LogP) is -0.495. The number of piperidine rings is 1. The monoisotopic (exact) mass is 112 g/mol. The van der Waals surface area contributed by atoms with Crippen molar-refractivity contribution in [3.63, 3.8) is 0 Å². The summed E-state index contributed by atoms with van der Waals surface area (Å²) in [6.45, 7) is 2.48. The minimum atomic E-state index is 0.561. The van der Waals surface area contributed by atoms with Crippen molar-refractivity contribution in [3.05, 3.63) is 0 Å². The van der Waals surface area contributed by atoms with Crippen LogP contribution in [0.2, 0.25) is 0 Å². The maximum Gasteiger partial charge on any atom is 0.0127 e. The summed E-state index contributed by atoms with van der Waals surface area (Å²) in [5, 5.41) is 0. The zero-order chi connectivity index (χ0) is 5.72. The third-order valence-electron chi connectivity index (χ3n) is 2.44. The Morgan fingerprint density at radius 1 is 1.38 bits per heavy atom. The van der Waals surface area contributed by atoms with Crippen LogP contribution in [0.4, 0.5) is 0 Å². The summed E-state index contributed by atoms with van der Waals surface area (Å²) in [6, 6.07) is 0.561. The van der Waals surface area contributed by atoms with E-state index >= 15 is 0 Å². The largest absolute Gasteiger partial charge is 0.327 e. The average molecular weight is 112 g/mol. The summed E-state index contributed by atoms with van der Waals surface area (Å²) in [6.07, 6.45) is 0. The molecule has 1 saturated carbocycles. The first-order valence-corrected chi connectivity index (χ1v) is 3.23. The maximum absolute atomic E-state index is 5.71. The van der Waals surface area contributed by atoms with E-state index in [-0.39, 0.29) is 0 Å². The smallest absolute Gasteiger partial charge is 0.0127 e. The molecule has 0 amide bonds. The summed E-state index contributed by atoms with van der Waals surface area (Å²) >= 11 is 0. The molecule has 1 unspecified atom stereocenters. The Labute approximate surface area is 49.7 Å².